The summed E-state index contributed by atoms with van der Waals surface area (Å²) in [4.78, 5) is 12.1. The fourth-order valence-electron chi connectivity index (χ4n) is 2.57. The molecule has 0 fully saturated rings. The molecular formula is C18H22N6O2S2. The zero-order chi connectivity index (χ0) is 20.1. The quantitative estimate of drug-likeness (QED) is 0.558. The highest BCUT2D eigenvalue weighted by Crippen LogP contribution is 2.26. The fraction of sp³-hybridized carbons (Fsp3) is 0.389. The minimum Gasteiger partial charge on any atom is -0.482 e. The van der Waals surface area contributed by atoms with Crippen LogP contribution in [0.4, 0.5) is 5.13 Å². The Labute approximate surface area is 171 Å². The average Bonchev–Trinajstić information content (AvgIpc) is 3.27. The van der Waals surface area contributed by atoms with Crippen molar-refractivity contribution in [2.45, 2.75) is 45.5 Å². The van der Waals surface area contributed by atoms with Crippen LogP contribution in [0.1, 0.15) is 36.3 Å². The third-order valence-corrected chi connectivity index (χ3v) is 5.65. The van der Waals surface area contributed by atoms with E-state index in [0.29, 0.717) is 16.8 Å². The van der Waals surface area contributed by atoms with Gasteiger partial charge < -0.3 is 9.30 Å². The van der Waals surface area contributed by atoms with Crippen LogP contribution < -0.4 is 10.1 Å². The Bertz CT molecular complexity index is 955. The number of aryl methyl sites for hydroxylation is 2. The van der Waals surface area contributed by atoms with Crippen molar-refractivity contribution in [3.63, 3.8) is 0 Å². The predicted molar refractivity (Wildman–Crippen MR) is 110 cm³/mol. The van der Waals surface area contributed by atoms with Crippen molar-refractivity contribution in [2.24, 2.45) is 0 Å². The number of carbonyl (C=O) groups excluding carboxylic acids is 1. The standard InChI is InChI=1S/C18H22N6O2S2/c1-5-24-16(12(3)26-14-9-7-6-8-11(14)2)21-23-18(24)27-10-15(25)19-17-22-20-13(4)28-17/h6-9,12H,5,10H2,1-4H3,(H,19,22,25). The highest BCUT2D eigenvalue weighted by Gasteiger charge is 2.20. The molecule has 2 aromatic heterocycles. The summed E-state index contributed by atoms with van der Waals surface area (Å²) in [6, 6.07) is 7.86. The maximum atomic E-state index is 12.1. The van der Waals surface area contributed by atoms with Crippen LogP contribution in [-0.4, -0.2) is 36.6 Å². The first-order chi connectivity index (χ1) is 13.5. The number of nitrogens with one attached hydrogen (secondary N) is 1. The van der Waals surface area contributed by atoms with Gasteiger partial charge in [0.05, 0.1) is 5.75 Å². The van der Waals surface area contributed by atoms with Gasteiger partial charge in [-0.25, -0.2) is 0 Å². The molecule has 0 saturated heterocycles. The van der Waals surface area contributed by atoms with Crippen molar-refractivity contribution >= 4 is 34.1 Å². The van der Waals surface area contributed by atoms with Crippen LogP contribution >= 0.6 is 23.1 Å². The second-order valence-electron chi connectivity index (χ2n) is 6.07. The van der Waals surface area contributed by atoms with Crippen LogP contribution in [0.5, 0.6) is 5.75 Å². The molecule has 1 N–H and O–H groups in total. The van der Waals surface area contributed by atoms with Crippen LogP contribution in [0.25, 0.3) is 0 Å². The normalized spacial score (nSPS) is 12.0. The molecule has 10 heteroatoms. The first-order valence-electron chi connectivity index (χ1n) is 8.86. The number of aromatic nitrogens is 5. The number of nitrogens with zero attached hydrogens (tertiary/aromatic N) is 5. The maximum Gasteiger partial charge on any atom is 0.236 e. The minimum absolute atomic E-state index is 0.155. The van der Waals surface area contributed by atoms with Crippen molar-refractivity contribution in [2.75, 3.05) is 11.1 Å². The number of anilines is 1. The Morgan fingerprint density at radius 3 is 2.71 bits per heavy atom. The van der Waals surface area contributed by atoms with E-state index < -0.39 is 0 Å². The maximum absolute atomic E-state index is 12.1. The highest BCUT2D eigenvalue weighted by atomic mass is 32.2. The van der Waals surface area contributed by atoms with E-state index in [9.17, 15) is 4.79 Å². The lowest BCUT2D eigenvalue weighted by Gasteiger charge is -2.16. The number of hydrogen-bond donors (Lipinski definition) is 1. The van der Waals surface area contributed by atoms with E-state index in [1.165, 1.54) is 23.1 Å². The van der Waals surface area contributed by atoms with Crippen LogP contribution in [0.3, 0.4) is 0 Å². The summed E-state index contributed by atoms with van der Waals surface area (Å²) in [7, 11) is 0. The van der Waals surface area contributed by atoms with Crippen LogP contribution in [-0.2, 0) is 11.3 Å². The molecule has 2 heterocycles. The molecule has 148 valence electrons. The van der Waals surface area contributed by atoms with Gasteiger partial charge in [-0.05, 0) is 39.3 Å². The van der Waals surface area contributed by atoms with Crippen LogP contribution in [0, 0.1) is 13.8 Å². The van der Waals surface area contributed by atoms with Gasteiger partial charge in [0, 0.05) is 6.54 Å². The second kappa shape index (κ2) is 9.16. The molecule has 1 amide bonds. The molecule has 0 aliphatic heterocycles. The molecule has 0 aliphatic rings. The summed E-state index contributed by atoms with van der Waals surface area (Å²) in [6.45, 7) is 8.49. The largest absolute Gasteiger partial charge is 0.482 e. The number of carbonyl (C=O) groups is 1. The van der Waals surface area contributed by atoms with E-state index in [4.69, 9.17) is 4.74 Å². The van der Waals surface area contributed by atoms with Gasteiger partial charge in [0.1, 0.15) is 10.8 Å². The number of ether oxygens (including phenoxy) is 1. The van der Waals surface area contributed by atoms with E-state index >= 15 is 0 Å². The Hall–Kier alpha value is -2.46. The number of para-hydroxylation sites is 1. The molecule has 1 unspecified atom stereocenters. The molecule has 1 atom stereocenters. The zero-order valence-electron chi connectivity index (χ0n) is 16.2. The summed E-state index contributed by atoms with van der Waals surface area (Å²) < 4.78 is 8.04. The summed E-state index contributed by atoms with van der Waals surface area (Å²) in [5, 5.41) is 21.1. The number of amides is 1. The van der Waals surface area contributed by atoms with Crippen molar-refractivity contribution in [1.29, 1.82) is 0 Å². The molecule has 1 aromatic carbocycles. The summed E-state index contributed by atoms with van der Waals surface area (Å²) >= 11 is 2.67. The van der Waals surface area contributed by atoms with Crippen LogP contribution in [0.2, 0.25) is 0 Å². The predicted octanol–water partition coefficient (Wildman–Crippen LogP) is 3.64. The van der Waals surface area contributed by atoms with Gasteiger partial charge in [0.2, 0.25) is 11.0 Å². The zero-order valence-corrected chi connectivity index (χ0v) is 17.8. The van der Waals surface area contributed by atoms with E-state index in [0.717, 1.165) is 22.1 Å². The average molecular weight is 419 g/mol. The number of rotatable bonds is 8. The summed E-state index contributed by atoms with van der Waals surface area (Å²) in [6.07, 6.45) is -0.263. The Morgan fingerprint density at radius 1 is 1.25 bits per heavy atom. The van der Waals surface area contributed by atoms with Gasteiger partial charge in [-0.1, -0.05) is 41.3 Å². The molecule has 0 spiro atoms. The fourth-order valence-corrected chi connectivity index (χ4v) is 3.99. The number of benzene rings is 1. The Balaban J connectivity index is 1.64. The lowest BCUT2D eigenvalue weighted by molar-refractivity contribution is -0.113. The molecule has 3 rings (SSSR count). The van der Waals surface area contributed by atoms with Gasteiger partial charge in [-0.3, -0.25) is 10.1 Å². The van der Waals surface area contributed by atoms with E-state index in [1.807, 2.05) is 56.5 Å². The SMILES string of the molecule is CCn1c(SCC(=O)Nc2nnc(C)s2)nnc1C(C)Oc1ccccc1C. The van der Waals surface area contributed by atoms with Crippen molar-refractivity contribution in [1.82, 2.24) is 25.0 Å². The van der Waals surface area contributed by atoms with Crippen molar-refractivity contribution < 1.29 is 9.53 Å². The molecule has 0 bridgehead atoms. The van der Waals surface area contributed by atoms with Gasteiger partial charge in [0.25, 0.3) is 0 Å². The monoisotopic (exact) mass is 418 g/mol. The lowest BCUT2D eigenvalue weighted by Crippen LogP contribution is -2.15. The molecule has 8 nitrogen and oxygen atoms in total. The molecular weight excluding hydrogens is 396 g/mol. The van der Waals surface area contributed by atoms with Crippen molar-refractivity contribution in [3.05, 3.63) is 40.7 Å². The minimum atomic E-state index is -0.263. The van der Waals surface area contributed by atoms with Crippen LogP contribution in [0.15, 0.2) is 29.4 Å². The second-order valence-corrected chi connectivity index (χ2v) is 8.20. The lowest BCUT2D eigenvalue weighted by atomic mass is 10.2. The Morgan fingerprint density at radius 2 is 2.04 bits per heavy atom. The summed E-state index contributed by atoms with van der Waals surface area (Å²) in [5.74, 6) is 1.61. The van der Waals surface area contributed by atoms with Gasteiger partial charge >= 0.3 is 0 Å². The van der Waals surface area contributed by atoms with Gasteiger partial charge in [-0.2, -0.15) is 0 Å². The Kier molecular flexibility index (Phi) is 6.63. The topological polar surface area (TPSA) is 94.8 Å². The third kappa shape index (κ3) is 4.87. The first kappa shape index (κ1) is 20.3. The third-order valence-electron chi connectivity index (χ3n) is 3.93. The van der Waals surface area contributed by atoms with Crippen molar-refractivity contribution in [3.8, 4) is 5.75 Å². The summed E-state index contributed by atoms with van der Waals surface area (Å²) in [5.41, 5.74) is 1.06. The molecule has 0 radical (unpaired) electrons. The van der Waals surface area contributed by atoms with E-state index in [1.54, 1.807) is 0 Å². The molecule has 0 saturated carbocycles. The van der Waals surface area contributed by atoms with Gasteiger partial charge in [-0.15, -0.1) is 20.4 Å². The van der Waals surface area contributed by atoms with E-state index in [2.05, 4.69) is 25.7 Å². The molecule has 3 aromatic rings. The van der Waals surface area contributed by atoms with E-state index in [-0.39, 0.29) is 17.8 Å². The molecule has 0 aliphatic carbocycles. The highest BCUT2D eigenvalue weighted by molar-refractivity contribution is 7.99. The molecule has 28 heavy (non-hydrogen) atoms. The first-order valence-corrected chi connectivity index (χ1v) is 10.7. The van der Waals surface area contributed by atoms with Gasteiger partial charge in [0.15, 0.2) is 17.1 Å². The smallest absolute Gasteiger partial charge is 0.236 e. The number of thioether (sulfide) groups is 1. The number of hydrogen-bond acceptors (Lipinski definition) is 8.